The fourth-order valence-electron chi connectivity index (χ4n) is 3.74. The van der Waals surface area contributed by atoms with Crippen LogP contribution in [0.5, 0.6) is 5.75 Å². The number of nitrogens with two attached hydrogens (primary N) is 1. The van der Waals surface area contributed by atoms with Crippen LogP contribution in [0, 0.1) is 0 Å². The highest BCUT2D eigenvalue weighted by molar-refractivity contribution is 5.85. The van der Waals surface area contributed by atoms with Crippen LogP contribution in [0.15, 0.2) is 48.5 Å². The van der Waals surface area contributed by atoms with Crippen molar-refractivity contribution in [1.82, 2.24) is 5.32 Å². The molecule has 162 valence electrons. The molecule has 3 rings (SSSR count). The summed E-state index contributed by atoms with van der Waals surface area (Å²) in [5, 5.41) is 14.1. The van der Waals surface area contributed by atoms with Crippen LogP contribution in [-0.2, 0) is 12.8 Å². The van der Waals surface area contributed by atoms with Gasteiger partial charge in [-0.25, -0.2) is 0 Å². The van der Waals surface area contributed by atoms with Gasteiger partial charge in [-0.05, 0) is 43.9 Å². The van der Waals surface area contributed by atoms with E-state index >= 15 is 0 Å². The lowest BCUT2D eigenvalue weighted by Gasteiger charge is -2.38. The van der Waals surface area contributed by atoms with Gasteiger partial charge in [-0.3, -0.25) is 0 Å². The Hall–Kier alpha value is -1.30. The Bertz CT molecular complexity index is 756. The zero-order valence-electron chi connectivity index (χ0n) is 17.4. The molecule has 6 heteroatoms. The first kappa shape index (κ1) is 25.7. The molecule has 0 bridgehead atoms. The first-order chi connectivity index (χ1) is 12.9. The summed E-state index contributed by atoms with van der Waals surface area (Å²) in [5.74, 6) is 0.934. The summed E-state index contributed by atoms with van der Waals surface area (Å²) in [6, 6.07) is 16.3. The van der Waals surface area contributed by atoms with Crippen LogP contribution in [0.2, 0.25) is 0 Å². The first-order valence-corrected chi connectivity index (χ1v) is 9.91. The fourth-order valence-corrected chi connectivity index (χ4v) is 3.74. The van der Waals surface area contributed by atoms with Crippen molar-refractivity contribution in [3.8, 4) is 5.75 Å². The molecule has 0 aromatic heterocycles. The zero-order valence-corrected chi connectivity index (χ0v) is 19.1. The largest absolute Gasteiger partial charge is 0.487 e. The van der Waals surface area contributed by atoms with E-state index in [-0.39, 0.29) is 42.5 Å². The molecule has 1 aliphatic rings. The molecular formula is C23H34Cl2N2O2. The molecule has 0 saturated heterocycles. The van der Waals surface area contributed by atoms with Gasteiger partial charge in [0.2, 0.25) is 0 Å². The van der Waals surface area contributed by atoms with E-state index in [1.54, 1.807) is 0 Å². The highest BCUT2D eigenvalue weighted by Gasteiger charge is 2.34. The van der Waals surface area contributed by atoms with Crippen molar-refractivity contribution in [1.29, 1.82) is 0 Å². The van der Waals surface area contributed by atoms with Gasteiger partial charge in [0.15, 0.2) is 0 Å². The van der Waals surface area contributed by atoms with E-state index in [2.05, 4.69) is 44.3 Å². The van der Waals surface area contributed by atoms with Gasteiger partial charge in [0.1, 0.15) is 11.4 Å². The monoisotopic (exact) mass is 440 g/mol. The maximum atomic E-state index is 10.6. The summed E-state index contributed by atoms with van der Waals surface area (Å²) in [4.78, 5) is 0. The molecule has 3 atom stereocenters. The summed E-state index contributed by atoms with van der Waals surface area (Å²) in [7, 11) is 0. The molecule has 0 saturated carbocycles. The minimum Gasteiger partial charge on any atom is -0.487 e. The standard InChI is InChI=1S/C23H32N2O2.2ClH/c1-4-16-10-11-22-18(12-16)20(14-23(2,3)27-22)25-15-21(26)19(24)13-17-8-6-5-7-9-17;;/h5-12,19-21,25-26H,4,13-15,24H2,1-3H3;2*1H/t19-,20?,21+;;/m0../s1. The predicted octanol–water partition coefficient (Wildman–Crippen LogP) is 4.22. The van der Waals surface area contributed by atoms with Gasteiger partial charge in [-0.2, -0.15) is 0 Å². The number of hydrogen-bond donors (Lipinski definition) is 3. The third-order valence-electron chi connectivity index (χ3n) is 5.32. The number of aryl methyl sites for hydroxylation is 1. The Morgan fingerprint density at radius 2 is 1.83 bits per heavy atom. The summed E-state index contributed by atoms with van der Waals surface area (Å²) >= 11 is 0. The van der Waals surface area contributed by atoms with E-state index in [1.807, 2.05) is 30.3 Å². The number of aliphatic hydroxyl groups excluding tert-OH is 1. The number of ether oxygens (including phenoxy) is 1. The lowest BCUT2D eigenvalue weighted by Crippen LogP contribution is -2.46. The quantitative estimate of drug-likeness (QED) is 0.602. The molecule has 0 spiro atoms. The van der Waals surface area contributed by atoms with Crippen molar-refractivity contribution >= 4 is 24.8 Å². The Labute approximate surface area is 187 Å². The van der Waals surface area contributed by atoms with E-state index in [0.717, 1.165) is 24.2 Å². The highest BCUT2D eigenvalue weighted by atomic mass is 35.5. The molecule has 4 nitrogen and oxygen atoms in total. The van der Waals surface area contributed by atoms with Crippen LogP contribution >= 0.6 is 24.8 Å². The molecule has 2 aromatic rings. The van der Waals surface area contributed by atoms with Gasteiger partial charge in [0.25, 0.3) is 0 Å². The zero-order chi connectivity index (χ0) is 19.4. The summed E-state index contributed by atoms with van der Waals surface area (Å²) in [5.41, 5.74) is 9.63. The van der Waals surface area contributed by atoms with Crippen LogP contribution in [0.25, 0.3) is 0 Å². The molecule has 0 fully saturated rings. The summed E-state index contributed by atoms with van der Waals surface area (Å²) in [6.07, 6.45) is 1.91. The molecule has 29 heavy (non-hydrogen) atoms. The van der Waals surface area contributed by atoms with Crippen molar-refractivity contribution in [2.45, 2.75) is 63.8 Å². The minimum atomic E-state index is -0.603. The molecular weight excluding hydrogens is 407 g/mol. The SMILES string of the molecule is CCc1ccc2c(c1)C(NC[C@@H](O)[C@@H](N)Cc1ccccc1)CC(C)(C)O2.Cl.Cl. The number of fused-ring (bicyclic) bond motifs is 1. The van der Waals surface area contributed by atoms with Crippen molar-refractivity contribution in [2.24, 2.45) is 5.73 Å². The average molecular weight is 441 g/mol. The second kappa shape index (κ2) is 11.2. The summed E-state index contributed by atoms with van der Waals surface area (Å²) in [6.45, 7) is 6.83. The third kappa shape index (κ3) is 6.87. The molecule has 1 unspecified atom stereocenters. The Kier molecular flexibility index (Phi) is 9.93. The molecule has 2 aromatic carbocycles. The maximum Gasteiger partial charge on any atom is 0.124 e. The number of hydrogen-bond acceptors (Lipinski definition) is 4. The van der Waals surface area contributed by atoms with Gasteiger partial charge in [0, 0.05) is 30.6 Å². The summed E-state index contributed by atoms with van der Waals surface area (Å²) < 4.78 is 6.16. The predicted molar refractivity (Wildman–Crippen MR) is 125 cm³/mol. The number of benzene rings is 2. The Balaban J connectivity index is 0.00000210. The van der Waals surface area contributed by atoms with Crippen LogP contribution in [0.3, 0.4) is 0 Å². The Morgan fingerprint density at radius 3 is 2.48 bits per heavy atom. The van der Waals surface area contributed by atoms with Crippen molar-refractivity contribution < 1.29 is 9.84 Å². The van der Waals surface area contributed by atoms with E-state index in [1.165, 1.54) is 11.1 Å². The molecule has 0 amide bonds. The van der Waals surface area contributed by atoms with Gasteiger partial charge >= 0.3 is 0 Å². The van der Waals surface area contributed by atoms with Gasteiger partial charge in [-0.15, -0.1) is 24.8 Å². The van der Waals surface area contributed by atoms with Gasteiger partial charge in [-0.1, -0.05) is 49.4 Å². The average Bonchev–Trinajstić information content (AvgIpc) is 2.65. The van der Waals surface area contributed by atoms with E-state index in [4.69, 9.17) is 10.5 Å². The van der Waals surface area contributed by atoms with Crippen LogP contribution in [-0.4, -0.2) is 29.4 Å². The molecule has 4 N–H and O–H groups in total. The second-order valence-electron chi connectivity index (χ2n) is 8.17. The normalized spacial score (nSPS) is 19.0. The lowest BCUT2D eigenvalue weighted by molar-refractivity contribution is 0.0604. The van der Waals surface area contributed by atoms with Gasteiger partial charge < -0.3 is 20.9 Å². The van der Waals surface area contributed by atoms with Crippen molar-refractivity contribution in [3.05, 3.63) is 65.2 Å². The van der Waals surface area contributed by atoms with Gasteiger partial charge in [0.05, 0.1) is 6.10 Å². The first-order valence-electron chi connectivity index (χ1n) is 9.91. The van der Waals surface area contributed by atoms with Crippen LogP contribution < -0.4 is 15.8 Å². The number of halogens is 2. The van der Waals surface area contributed by atoms with E-state index in [9.17, 15) is 5.11 Å². The van der Waals surface area contributed by atoms with Crippen LogP contribution in [0.1, 0.15) is 49.9 Å². The maximum absolute atomic E-state index is 10.6. The Morgan fingerprint density at radius 1 is 1.14 bits per heavy atom. The lowest BCUT2D eigenvalue weighted by atomic mass is 9.88. The number of aliphatic hydroxyl groups is 1. The third-order valence-corrected chi connectivity index (χ3v) is 5.32. The smallest absolute Gasteiger partial charge is 0.124 e. The second-order valence-corrected chi connectivity index (χ2v) is 8.17. The molecule has 0 aliphatic carbocycles. The number of rotatable bonds is 7. The molecule has 1 aliphatic heterocycles. The van der Waals surface area contributed by atoms with Crippen molar-refractivity contribution in [2.75, 3.05) is 6.54 Å². The number of nitrogens with one attached hydrogen (secondary N) is 1. The minimum absolute atomic E-state index is 0. The molecule has 1 heterocycles. The topological polar surface area (TPSA) is 67.5 Å². The van der Waals surface area contributed by atoms with Crippen LogP contribution in [0.4, 0.5) is 0 Å². The van der Waals surface area contributed by atoms with E-state index < -0.39 is 6.10 Å². The van der Waals surface area contributed by atoms with E-state index in [0.29, 0.717) is 13.0 Å². The molecule has 0 radical (unpaired) electrons. The van der Waals surface area contributed by atoms with Crippen molar-refractivity contribution in [3.63, 3.8) is 0 Å². The fraction of sp³-hybridized carbons (Fsp3) is 0.478. The highest BCUT2D eigenvalue weighted by Crippen LogP contribution is 2.40.